The van der Waals surface area contributed by atoms with Gasteiger partial charge in [0.05, 0.1) is 10.8 Å². The van der Waals surface area contributed by atoms with Gasteiger partial charge in [0, 0.05) is 17.1 Å². The van der Waals surface area contributed by atoms with Crippen molar-refractivity contribution >= 4 is 22.8 Å². The minimum absolute atomic E-state index is 0.0144. The summed E-state index contributed by atoms with van der Waals surface area (Å²) < 4.78 is 0. The number of carbonyl (C=O) groups is 1. The van der Waals surface area contributed by atoms with E-state index in [-0.39, 0.29) is 11.7 Å². The average molecular weight is 257 g/mol. The zero-order valence-electron chi connectivity index (χ0n) is 10.3. The van der Waals surface area contributed by atoms with E-state index < -0.39 is 0 Å². The quantitative estimate of drug-likeness (QED) is 0.828. The van der Waals surface area contributed by atoms with Gasteiger partial charge in [-0.15, -0.1) is 11.3 Å². The molecule has 1 aromatic carbocycles. The molecule has 2 heterocycles. The molecule has 3 heteroatoms. The molecule has 0 radical (unpaired) electrons. The summed E-state index contributed by atoms with van der Waals surface area (Å²) in [6.07, 6.45) is 0.882. The van der Waals surface area contributed by atoms with Crippen LogP contribution in [0.2, 0.25) is 0 Å². The van der Waals surface area contributed by atoms with Gasteiger partial charge in [-0.25, -0.2) is 0 Å². The number of fused-ring (bicyclic) bond motifs is 1. The van der Waals surface area contributed by atoms with Crippen LogP contribution in [0, 0.1) is 6.92 Å². The number of benzene rings is 1. The van der Waals surface area contributed by atoms with Gasteiger partial charge in [0.2, 0.25) is 0 Å². The fourth-order valence-electron chi connectivity index (χ4n) is 2.48. The van der Waals surface area contributed by atoms with Crippen molar-refractivity contribution in [2.75, 3.05) is 11.9 Å². The van der Waals surface area contributed by atoms with E-state index in [1.165, 1.54) is 4.88 Å². The molecule has 18 heavy (non-hydrogen) atoms. The van der Waals surface area contributed by atoms with Gasteiger partial charge in [-0.3, -0.25) is 4.79 Å². The average Bonchev–Trinajstić information content (AvgIpc) is 2.84. The van der Waals surface area contributed by atoms with Crippen molar-refractivity contribution < 1.29 is 4.79 Å². The van der Waals surface area contributed by atoms with Gasteiger partial charge < -0.3 is 5.32 Å². The topological polar surface area (TPSA) is 29.1 Å². The van der Waals surface area contributed by atoms with Crippen LogP contribution in [-0.2, 0) is 0 Å². The van der Waals surface area contributed by atoms with Gasteiger partial charge >= 0.3 is 0 Å². The first-order valence-electron chi connectivity index (χ1n) is 6.19. The molecule has 0 saturated carbocycles. The van der Waals surface area contributed by atoms with E-state index in [0.29, 0.717) is 0 Å². The smallest absolute Gasteiger partial charge is 0.180 e. The molecule has 0 spiro atoms. The number of carbonyl (C=O) groups excluding carboxylic acids is 1. The molecule has 1 atom stereocenters. The second-order valence-electron chi connectivity index (χ2n) is 4.63. The number of hydrogen-bond acceptors (Lipinski definition) is 3. The Bertz CT molecular complexity index is 588. The fraction of sp³-hybridized carbons (Fsp3) is 0.267. The number of hydrogen-bond donors (Lipinski definition) is 1. The molecule has 92 valence electrons. The highest BCUT2D eigenvalue weighted by molar-refractivity contribution is 7.14. The van der Waals surface area contributed by atoms with Crippen LogP contribution in [0.25, 0.3) is 0 Å². The Kier molecular flexibility index (Phi) is 2.92. The summed E-state index contributed by atoms with van der Waals surface area (Å²) in [5, 5.41) is 3.36. The Morgan fingerprint density at radius 3 is 2.89 bits per heavy atom. The second-order valence-corrected chi connectivity index (χ2v) is 5.92. The van der Waals surface area contributed by atoms with E-state index in [1.807, 2.05) is 31.2 Å². The molecule has 1 aliphatic heterocycles. The number of nitrogens with one attached hydrogen (secondary N) is 1. The molecule has 3 rings (SSSR count). The summed E-state index contributed by atoms with van der Waals surface area (Å²) in [4.78, 5) is 14.6. The summed E-state index contributed by atoms with van der Waals surface area (Å²) in [5.41, 5.74) is 2.25. The molecular formula is C15H15NOS. The van der Waals surface area contributed by atoms with Crippen molar-refractivity contribution in [1.82, 2.24) is 0 Å². The summed E-state index contributed by atoms with van der Waals surface area (Å²) >= 11 is 1.59. The normalized spacial score (nSPS) is 17.9. The van der Waals surface area contributed by atoms with Crippen molar-refractivity contribution in [2.45, 2.75) is 19.3 Å². The lowest BCUT2D eigenvalue weighted by molar-refractivity contribution is 0.0959. The third-order valence-electron chi connectivity index (χ3n) is 3.38. The number of aryl methyl sites for hydroxylation is 1. The fourth-order valence-corrected chi connectivity index (χ4v) is 3.34. The maximum atomic E-state index is 12.6. The Balaban J connectivity index is 1.96. The van der Waals surface area contributed by atoms with E-state index in [2.05, 4.69) is 17.4 Å². The number of ketones is 1. The van der Waals surface area contributed by atoms with E-state index in [4.69, 9.17) is 0 Å². The highest BCUT2D eigenvalue weighted by Crippen LogP contribution is 2.34. The van der Waals surface area contributed by atoms with Crippen LogP contribution in [0.4, 0.5) is 5.69 Å². The summed E-state index contributed by atoms with van der Waals surface area (Å²) in [6.45, 7) is 2.91. The van der Waals surface area contributed by atoms with E-state index in [1.54, 1.807) is 11.3 Å². The maximum absolute atomic E-state index is 12.6. The van der Waals surface area contributed by atoms with Gasteiger partial charge in [-0.05, 0) is 37.1 Å². The largest absolute Gasteiger partial charge is 0.385 e. The molecular weight excluding hydrogens is 242 g/mol. The van der Waals surface area contributed by atoms with Crippen LogP contribution in [0.15, 0.2) is 36.4 Å². The number of rotatable bonds is 2. The first-order valence-corrected chi connectivity index (χ1v) is 7.01. The lowest BCUT2D eigenvalue weighted by atomic mass is 9.87. The van der Waals surface area contributed by atoms with Crippen LogP contribution in [0.1, 0.15) is 32.5 Å². The highest BCUT2D eigenvalue weighted by Gasteiger charge is 2.27. The molecule has 2 nitrogen and oxygen atoms in total. The third kappa shape index (κ3) is 1.95. The van der Waals surface area contributed by atoms with E-state index >= 15 is 0 Å². The third-order valence-corrected chi connectivity index (χ3v) is 4.40. The van der Waals surface area contributed by atoms with Gasteiger partial charge in [-0.2, -0.15) is 0 Å². The molecule has 0 saturated heterocycles. The Morgan fingerprint density at radius 1 is 1.28 bits per heavy atom. The molecule has 0 aliphatic carbocycles. The van der Waals surface area contributed by atoms with Gasteiger partial charge in [0.25, 0.3) is 0 Å². The molecule has 0 fully saturated rings. The van der Waals surface area contributed by atoms with Gasteiger partial charge in [0.1, 0.15) is 0 Å². The summed E-state index contributed by atoms with van der Waals surface area (Å²) in [6, 6.07) is 12.1. The maximum Gasteiger partial charge on any atom is 0.180 e. The number of thiophene rings is 1. The lowest BCUT2D eigenvalue weighted by Gasteiger charge is -2.25. The lowest BCUT2D eigenvalue weighted by Crippen LogP contribution is -2.22. The Hall–Kier alpha value is -1.61. The number of anilines is 1. The number of para-hydroxylation sites is 1. The first kappa shape index (κ1) is 11.5. The predicted octanol–water partition coefficient (Wildman–Crippen LogP) is 3.84. The SMILES string of the molecule is Cc1ccc(C(=O)C2CCNc3ccccc32)s1. The predicted molar refractivity (Wildman–Crippen MR) is 75.7 cm³/mol. The van der Waals surface area contributed by atoms with Crippen molar-refractivity contribution in [3.8, 4) is 0 Å². The van der Waals surface area contributed by atoms with E-state index in [0.717, 1.165) is 29.1 Å². The van der Waals surface area contributed by atoms with Crippen LogP contribution in [0.3, 0.4) is 0 Å². The van der Waals surface area contributed by atoms with E-state index in [9.17, 15) is 4.79 Å². The zero-order chi connectivity index (χ0) is 12.5. The Morgan fingerprint density at radius 2 is 2.11 bits per heavy atom. The molecule has 1 unspecified atom stereocenters. The second kappa shape index (κ2) is 4.58. The van der Waals surface area contributed by atoms with Crippen molar-refractivity contribution in [2.24, 2.45) is 0 Å². The zero-order valence-corrected chi connectivity index (χ0v) is 11.1. The van der Waals surface area contributed by atoms with Crippen LogP contribution in [0.5, 0.6) is 0 Å². The van der Waals surface area contributed by atoms with Gasteiger partial charge in [0.15, 0.2) is 5.78 Å². The van der Waals surface area contributed by atoms with Crippen LogP contribution in [-0.4, -0.2) is 12.3 Å². The summed E-state index contributed by atoms with van der Waals surface area (Å²) in [7, 11) is 0. The molecule has 1 aliphatic rings. The monoisotopic (exact) mass is 257 g/mol. The molecule has 2 aromatic rings. The van der Waals surface area contributed by atoms with Crippen LogP contribution >= 0.6 is 11.3 Å². The number of Topliss-reactive ketones (excluding diaryl/α,β-unsaturated/α-hetero) is 1. The highest BCUT2D eigenvalue weighted by atomic mass is 32.1. The first-order chi connectivity index (χ1) is 8.75. The minimum Gasteiger partial charge on any atom is -0.385 e. The molecule has 1 N–H and O–H groups in total. The van der Waals surface area contributed by atoms with Crippen molar-refractivity contribution in [1.29, 1.82) is 0 Å². The standard InChI is InChI=1S/C15H15NOS/c1-10-6-7-14(18-10)15(17)12-8-9-16-13-5-3-2-4-11(12)13/h2-7,12,16H,8-9H2,1H3. The van der Waals surface area contributed by atoms with Gasteiger partial charge in [-0.1, -0.05) is 18.2 Å². The van der Waals surface area contributed by atoms with Crippen LogP contribution < -0.4 is 5.32 Å². The molecule has 1 aromatic heterocycles. The van der Waals surface area contributed by atoms with Crippen molar-refractivity contribution in [3.63, 3.8) is 0 Å². The Labute approximate surface area is 111 Å². The summed E-state index contributed by atoms with van der Waals surface area (Å²) in [5.74, 6) is 0.280. The van der Waals surface area contributed by atoms with Crippen molar-refractivity contribution in [3.05, 3.63) is 51.7 Å². The molecule has 0 amide bonds. The minimum atomic E-state index is 0.0144. The molecule has 0 bridgehead atoms.